The van der Waals surface area contributed by atoms with Gasteiger partial charge < -0.3 is 4.98 Å². The summed E-state index contributed by atoms with van der Waals surface area (Å²) in [6.07, 6.45) is -0.334. The van der Waals surface area contributed by atoms with Gasteiger partial charge in [0.05, 0.1) is 23.7 Å². The summed E-state index contributed by atoms with van der Waals surface area (Å²) in [4.78, 5) is 36.7. The van der Waals surface area contributed by atoms with Crippen LogP contribution in [0.5, 0.6) is 0 Å². The largest absolute Gasteiger partial charge is 0.408 e. The molecule has 0 aromatic carbocycles. The normalized spacial score (nSPS) is 17.9. The SMILES string of the molecule is O=c1[nH]cc(-c2cc([C@H]3C[C@@H]3c3ccc4cnn(CC(F)(F)F)c4n3)c3ncc(F)n3n2)c(=O)[nH]1. The number of nitrogens with zero attached hydrogens (tertiary/aromatic N) is 6. The lowest BCUT2D eigenvalue weighted by molar-refractivity contribution is -0.141. The van der Waals surface area contributed by atoms with Gasteiger partial charge in [-0.3, -0.25) is 9.78 Å². The molecule has 0 spiro atoms. The molecule has 2 N–H and O–H groups in total. The van der Waals surface area contributed by atoms with Crippen LogP contribution in [0.15, 0.2) is 46.4 Å². The Bertz CT molecular complexity index is 1730. The number of pyridine rings is 1. The summed E-state index contributed by atoms with van der Waals surface area (Å²) < 4.78 is 54.9. The van der Waals surface area contributed by atoms with Gasteiger partial charge in [-0.15, -0.1) is 0 Å². The lowest BCUT2D eigenvalue weighted by Gasteiger charge is -2.09. The van der Waals surface area contributed by atoms with E-state index < -0.39 is 29.9 Å². The second kappa shape index (κ2) is 7.32. The molecule has 0 radical (unpaired) electrons. The van der Waals surface area contributed by atoms with E-state index in [0.29, 0.717) is 23.1 Å². The predicted molar refractivity (Wildman–Crippen MR) is 113 cm³/mol. The van der Waals surface area contributed by atoms with Crippen molar-refractivity contribution in [2.45, 2.75) is 31.0 Å². The van der Waals surface area contributed by atoms with Gasteiger partial charge in [-0.2, -0.15) is 32.3 Å². The van der Waals surface area contributed by atoms with Crippen LogP contribution >= 0.6 is 0 Å². The lowest BCUT2D eigenvalue weighted by atomic mass is 10.1. The first kappa shape index (κ1) is 21.2. The molecule has 5 aromatic heterocycles. The maximum Gasteiger partial charge on any atom is 0.408 e. The van der Waals surface area contributed by atoms with E-state index in [4.69, 9.17) is 0 Å². The summed E-state index contributed by atoms with van der Waals surface area (Å²) in [6.45, 7) is -1.25. The van der Waals surface area contributed by atoms with E-state index in [0.717, 1.165) is 15.4 Å². The monoisotopic (exact) mass is 486 g/mol. The average Bonchev–Trinajstić information content (AvgIpc) is 3.38. The fourth-order valence-electron chi connectivity index (χ4n) is 4.30. The Morgan fingerprint density at radius 2 is 1.94 bits per heavy atom. The minimum atomic E-state index is -4.44. The Hall–Kier alpha value is -4.36. The maximum absolute atomic E-state index is 14.4. The van der Waals surface area contributed by atoms with E-state index in [2.05, 4.69) is 30.1 Å². The average molecular weight is 486 g/mol. The number of H-pyrrole nitrogens is 2. The minimum absolute atomic E-state index is 0.0358. The number of rotatable bonds is 4. The first-order valence-electron chi connectivity index (χ1n) is 10.4. The Morgan fingerprint density at radius 3 is 2.71 bits per heavy atom. The second-order valence-corrected chi connectivity index (χ2v) is 8.30. The first-order valence-corrected chi connectivity index (χ1v) is 10.4. The Labute approximate surface area is 191 Å². The van der Waals surface area contributed by atoms with Crippen LogP contribution < -0.4 is 11.2 Å². The van der Waals surface area contributed by atoms with Gasteiger partial charge in [-0.25, -0.2) is 19.4 Å². The van der Waals surface area contributed by atoms with Gasteiger partial charge in [0.2, 0.25) is 5.95 Å². The van der Waals surface area contributed by atoms with E-state index in [9.17, 15) is 27.2 Å². The van der Waals surface area contributed by atoms with Gasteiger partial charge in [0.15, 0.2) is 11.3 Å². The van der Waals surface area contributed by atoms with Crippen molar-refractivity contribution >= 4 is 16.7 Å². The smallest absolute Gasteiger partial charge is 0.313 e. The number of hydrogen-bond acceptors (Lipinski definition) is 6. The highest BCUT2D eigenvalue weighted by molar-refractivity contribution is 5.75. The Morgan fingerprint density at radius 1 is 1.11 bits per heavy atom. The summed E-state index contributed by atoms with van der Waals surface area (Å²) in [7, 11) is 0. The summed E-state index contributed by atoms with van der Waals surface area (Å²) in [6, 6.07) is 4.99. The van der Waals surface area contributed by atoms with Crippen molar-refractivity contribution in [1.82, 2.24) is 39.3 Å². The fraction of sp³-hybridized carbons (Fsp3) is 0.238. The van der Waals surface area contributed by atoms with Crippen LogP contribution in [0.25, 0.3) is 27.9 Å². The van der Waals surface area contributed by atoms with Crippen LogP contribution in [0.3, 0.4) is 0 Å². The standard InChI is InChI=1S/C21H14F4N8O2/c22-16-7-26-18-12(4-15(31-33(16)18)13-6-27-20(35)30-19(13)34)10-3-11(10)14-2-1-9-5-28-32(17(9)29-14)8-21(23,24)25/h1-2,4-7,10-11H,3,8H2,(H2,27,30,34,35)/t10-,11-/m0/s1. The highest BCUT2D eigenvalue weighted by atomic mass is 19.4. The predicted octanol–water partition coefficient (Wildman–Crippen LogP) is 2.49. The molecule has 1 saturated carbocycles. The molecule has 178 valence electrons. The molecular weight excluding hydrogens is 472 g/mol. The molecule has 5 heterocycles. The van der Waals surface area contributed by atoms with Crippen molar-refractivity contribution in [3.05, 3.63) is 74.8 Å². The molecule has 0 saturated heterocycles. The van der Waals surface area contributed by atoms with E-state index in [1.165, 1.54) is 12.4 Å². The van der Waals surface area contributed by atoms with Crippen molar-refractivity contribution < 1.29 is 17.6 Å². The number of aromatic amines is 2. The molecular formula is C21H14F4N8O2. The zero-order valence-electron chi connectivity index (χ0n) is 17.5. The number of halogens is 4. The third-order valence-corrected chi connectivity index (χ3v) is 5.96. The van der Waals surface area contributed by atoms with Gasteiger partial charge in [0.1, 0.15) is 6.54 Å². The van der Waals surface area contributed by atoms with Crippen molar-refractivity contribution in [2.24, 2.45) is 0 Å². The van der Waals surface area contributed by atoms with Gasteiger partial charge in [-0.1, -0.05) is 0 Å². The molecule has 1 fully saturated rings. The number of aromatic nitrogens is 8. The van der Waals surface area contributed by atoms with Gasteiger partial charge in [0.25, 0.3) is 5.56 Å². The Balaban J connectivity index is 1.41. The van der Waals surface area contributed by atoms with Crippen LogP contribution in [0.4, 0.5) is 17.6 Å². The van der Waals surface area contributed by atoms with Crippen molar-refractivity contribution in [3.8, 4) is 11.3 Å². The summed E-state index contributed by atoms with van der Waals surface area (Å²) >= 11 is 0. The van der Waals surface area contributed by atoms with E-state index in [1.807, 2.05) is 0 Å². The summed E-state index contributed by atoms with van der Waals surface area (Å²) in [5, 5.41) is 8.43. The third kappa shape index (κ3) is 3.66. The van der Waals surface area contributed by atoms with Crippen LogP contribution in [0.2, 0.25) is 0 Å². The number of imidazole rings is 1. The summed E-state index contributed by atoms with van der Waals surface area (Å²) in [5.74, 6) is -1.09. The minimum Gasteiger partial charge on any atom is -0.313 e. The second-order valence-electron chi connectivity index (χ2n) is 8.30. The quantitative estimate of drug-likeness (QED) is 0.376. The molecule has 0 amide bonds. The molecule has 0 unspecified atom stereocenters. The summed E-state index contributed by atoms with van der Waals surface area (Å²) in [5.41, 5.74) is 0.317. The molecule has 2 atom stereocenters. The lowest BCUT2D eigenvalue weighted by Crippen LogP contribution is -2.23. The van der Waals surface area contributed by atoms with E-state index in [-0.39, 0.29) is 34.4 Å². The molecule has 35 heavy (non-hydrogen) atoms. The van der Waals surface area contributed by atoms with E-state index in [1.54, 1.807) is 18.2 Å². The number of fused-ring (bicyclic) bond motifs is 2. The van der Waals surface area contributed by atoms with Crippen LogP contribution in [-0.4, -0.2) is 45.5 Å². The van der Waals surface area contributed by atoms with Crippen molar-refractivity contribution in [3.63, 3.8) is 0 Å². The Kier molecular flexibility index (Phi) is 4.43. The van der Waals surface area contributed by atoms with Gasteiger partial charge in [-0.05, 0) is 30.5 Å². The molecule has 0 bridgehead atoms. The molecule has 5 aromatic rings. The molecule has 1 aliphatic rings. The molecule has 10 nitrogen and oxygen atoms in total. The van der Waals surface area contributed by atoms with Crippen molar-refractivity contribution in [1.29, 1.82) is 0 Å². The van der Waals surface area contributed by atoms with Crippen LogP contribution in [0, 0.1) is 5.95 Å². The first-order chi connectivity index (χ1) is 16.7. The molecule has 0 aliphatic heterocycles. The number of nitrogens with one attached hydrogen (secondary N) is 2. The molecule has 6 rings (SSSR count). The number of alkyl halides is 3. The zero-order valence-corrected chi connectivity index (χ0v) is 17.5. The number of hydrogen-bond donors (Lipinski definition) is 2. The fourth-order valence-corrected chi connectivity index (χ4v) is 4.30. The molecule has 1 aliphatic carbocycles. The van der Waals surface area contributed by atoms with Crippen molar-refractivity contribution in [2.75, 3.05) is 0 Å². The zero-order chi connectivity index (χ0) is 24.5. The third-order valence-electron chi connectivity index (χ3n) is 5.96. The van der Waals surface area contributed by atoms with Crippen LogP contribution in [0.1, 0.15) is 29.5 Å². The highest BCUT2D eigenvalue weighted by Crippen LogP contribution is 2.55. The van der Waals surface area contributed by atoms with E-state index >= 15 is 0 Å². The highest BCUT2D eigenvalue weighted by Gasteiger charge is 2.43. The van der Waals surface area contributed by atoms with Gasteiger partial charge >= 0.3 is 11.9 Å². The topological polar surface area (TPSA) is 127 Å². The van der Waals surface area contributed by atoms with Gasteiger partial charge in [0, 0.05) is 28.8 Å². The maximum atomic E-state index is 14.4. The van der Waals surface area contributed by atoms with Crippen LogP contribution in [-0.2, 0) is 6.54 Å². The molecule has 14 heteroatoms.